The molecule has 0 spiro atoms. The van der Waals surface area contributed by atoms with E-state index in [1.165, 1.54) is 17.1 Å². The van der Waals surface area contributed by atoms with Crippen LogP contribution in [0.25, 0.3) is 0 Å². The second kappa shape index (κ2) is 4.37. The minimum absolute atomic E-state index is 0.222. The van der Waals surface area contributed by atoms with E-state index in [0.717, 1.165) is 11.6 Å². The van der Waals surface area contributed by atoms with Crippen LogP contribution < -0.4 is 0 Å². The number of nitrogens with zero attached hydrogens (tertiary/aromatic N) is 3. The summed E-state index contributed by atoms with van der Waals surface area (Å²) in [7, 11) is 0. The standard InChI is InChI=1S/C10H7ClF3N3/c11-9-2-1-7(5-15-9)6-17-4-3-8(16-17)10(12,13)14/h1-5H,6H2. The third-order valence-electron chi connectivity index (χ3n) is 2.06. The van der Waals surface area contributed by atoms with Crippen molar-refractivity contribution >= 4 is 11.6 Å². The van der Waals surface area contributed by atoms with Crippen LogP contribution >= 0.6 is 11.6 Å². The van der Waals surface area contributed by atoms with Crippen molar-refractivity contribution < 1.29 is 13.2 Å². The fourth-order valence-corrected chi connectivity index (χ4v) is 1.40. The molecule has 0 N–H and O–H groups in total. The second-order valence-corrected chi connectivity index (χ2v) is 3.77. The van der Waals surface area contributed by atoms with Gasteiger partial charge in [-0.05, 0) is 17.7 Å². The molecule has 2 heterocycles. The van der Waals surface area contributed by atoms with Gasteiger partial charge in [-0.3, -0.25) is 4.68 Å². The lowest BCUT2D eigenvalue weighted by atomic mass is 10.3. The molecular weight excluding hydrogens is 255 g/mol. The van der Waals surface area contributed by atoms with Gasteiger partial charge in [-0.2, -0.15) is 18.3 Å². The first-order valence-electron chi connectivity index (χ1n) is 4.66. The highest BCUT2D eigenvalue weighted by atomic mass is 35.5. The van der Waals surface area contributed by atoms with Crippen LogP contribution in [-0.4, -0.2) is 14.8 Å². The zero-order chi connectivity index (χ0) is 12.5. The molecule has 3 nitrogen and oxygen atoms in total. The van der Waals surface area contributed by atoms with E-state index in [1.807, 2.05) is 0 Å². The molecule has 90 valence electrons. The van der Waals surface area contributed by atoms with Crippen LogP contribution in [0.15, 0.2) is 30.6 Å². The van der Waals surface area contributed by atoms with Crippen molar-refractivity contribution in [2.75, 3.05) is 0 Å². The van der Waals surface area contributed by atoms with E-state index in [2.05, 4.69) is 10.1 Å². The number of alkyl halides is 3. The van der Waals surface area contributed by atoms with Crippen LogP contribution in [0.1, 0.15) is 11.3 Å². The fraction of sp³-hybridized carbons (Fsp3) is 0.200. The van der Waals surface area contributed by atoms with Crippen LogP contribution in [0, 0.1) is 0 Å². The van der Waals surface area contributed by atoms with Gasteiger partial charge in [-0.15, -0.1) is 0 Å². The lowest BCUT2D eigenvalue weighted by Crippen LogP contribution is -2.08. The van der Waals surface area contributed by atoms with E-state index < -0.39 is 11.9 Å². The summed E-state index contributed by atoms with van der Waals surface area (Å²) in [5.41, 5.74) is -0.175. The van der Waals surface area contributed by atoms with Gasteiger partial charge in [0.05, 0.1) is 6.54 Å². The first-order valence-corrected chi connectivity index (χ1v) is 5.04. The zero-order valence-corrected chi connectivity index (χ0v) is 9.20. The first kappa shape index (κ1) is 11.9. The predicted molar refractivity (Wildman–Crippen MR) is 55.6 cm³/mol. The molecular formula is C10H7ClF3N3. The van der Waals surface area contributed by atoms with E-state index in [9.17, 15) is 13.2 Å². The maximum Gasteiger partial charge on any atom is 0.435 e. The van der Waals surface area contributed by atoms with Crippen LogP contribution in [0.4, 0.5) is 13.2 Å². The highest BCUT2D eigenvalue weighted by molar-refractivity contribution is 6.29. The van der Waals surface area contributed by atoms with Crippen molar-refractivity contribution in [2.45, 2.75) is 12.7 Å². The maximum atomic E-state index is 12.3. The molecule has 0 aromatic carbocycles. The molecule has 0 aliphatic rings. The predicted octanol–water partition coefficient (Wildman–Crippen LogP) is 3.00. The van der Waals surface area contributed by atoms with Crippen LogP contribution in [-0.2, 0) is 12.7 Å². The lowest BCUT2D eigenvalue weighted by Gasteiger charge is -2.03. The van der Waals surface area contributed by atoms with E-state index >= 15 is 0 Å². The molecule has 2 aromatic heterocycles. The Balaban J connectivity index is 2.14. The van der Waals surface area contributed by atoms with Gasteiger partial charge in [0.25, 0.3) is 0 Å². The van der Waals surface area contributed by atoms with E-state index in [0.29, 0.717) is 5.15 Å². The van der Waals surface area contributed by atoms with E-state index in [-0.39, 0.29) is 6.54 Å². The monoisotopic (exact) mass is 261 g/mol. The van der Waals surface area contributed by atoms with Gasteiger partial charge >= 0.3 is 6.18 Å². The van der Waals surface area contributed by atoms with Crippen LogP contribution in [0.2, 0.25) is 5.15 Å². The minimum Gasteiger partial charge on any atom is -0.268 e. The first-order chi connectivity index (χ1) is 7.95. The minimum atomic E-state index is -4.41. The molecule has 0 bridgehead atoms. The number of halogens is 4. The summed E-state index contributed by atoms with van der Waals surface area (Å²) in [6.07, 6.45) is -1.64. The molecule has 2 rings (SSSR count). The van der Waals surface area contributed by atoms with Gasteiger partial charge in [0.15, 0.2) is 5.69 Å². The van der Waals surface area contributed by atoms with Gasteiger partial charge in [0.1, 0.15) is 5.15 Å². The Hall–Kier alpha value is -1.56. The summed E-state index contributed by atoms with van der Waals surface area (Å²) in [5.74, 6) is 0. The Kier molecular flexibility index (Phi) is 3.06. The van der Waals surface area contributed by atoms with Crippen LogP contribution in [0.3, 0.4) is 0 Å². The third kappa shape index (κ3) is 2.97. The number of hydrogen-bond donors (Lipinski definition) is 0. The normalized spacial score (nSPS) is 11.8. The summed E-state index contributed by atoms with van der Waals surface area (Å²) in [6, 6.07) is 4.19. The average molecular weight is 262 g/mol. The summed E-state index contributed by atoms with van der Waals surface area (Å²) >= 11 is 5.60. The maximum absolute atomic E-state index is 12.3. The van der Waals surface area contributed by atoms with Gasteiger partial charge in [0.2, 0.25) is 0 Å². The number of aromatic nitrogens is 3. The number of rotatable bonds is 2. The molecule has 0 radical (unpaired) electrons. The van der Waals surface area contributed by atoms with E-state index in [4.69, 9.17) is 11.6 Å². The molecule has 0 amide bonds. The van der Waals surface area contributed by atoms with Crippen molar-refractivity contribution in [3.8, 4) is 0 Å². The largest absolute Gasteiger partial charge is 0.435 e. The highest BCUT2D eigenvalue weighted by Crippen LogP contribution is 2.27. The quantitative estimate of drug-likeness (QED) is 0.778. The Labute approximate surface area is 99.8 Å². The topological polar surface area (TPSA) is 30.7 Å². The molecule has 0 saturated carbocycles. The molecule has 0 unspecified atom stereocenters. The molecule has 17 heavy (non-hydrogen) atoms. The fourth-order valence-electron chi connectivity index (χ4n) is 1.29. The van der Waals surface area contributed by atoms with Gasteiger partial charge in [-0.1, -0.05) is 17.7 Å². The Bertz CT molecular complexity index is 504. The number of hydrogen-bond acceptors (Lipinski definition) is 2. The Morgan fingerprint density at radius 2 is 2.00 bits per heavy atom. The summed E-state index contributed by atoms with van der Waals surface area (Å²) in [6.45, 7) is 0.222. The summed E-state index contributed by atoms with van der Waals surface area (Å²) in [4.78, 5) is 3.83. The van der Waals surface area contributed by atoms with Gasteiger partial charge in [-0.25, -0.2) is 4.98 Å². The smallest absolute Gasteiger partial charge is 0.268 e. The molecule has 0 aliphatic carbocycles. The molecule has 0 saturated heterocycles. The van der Waals surface area contributed by atoms with Gasteiger partial charge < -0.3 is 0 Å². The Morgan fingerprint density at radius 3 is 2.53 bits per heavy atom. The van der Waals surface area contributed by atoms with Crippen molar-refractivity contribution in [1.29, 1.82) is 0 Å². The molecule has 0 atom stereocenters. The third-order valence-corrected chi connectivity index (χ3v) is 2.29. The number of pyridine rings is 1. The van der Waals surface area contributed by atoms with Crippen LogP contribution in [0.5, 0.6) is 0 Å². The van der Waals surface area contributed by atoms with Crippen molar-refractivity contribution in [3.63, 3.8) is 0 Å². The summed E-state index contributed by atoms with van der Waals surface area (Å²) in [5, 5.41) is 3.77. The average Bonchev–Trinajstić information content (AvgIpc) is 2.69. The molecule has 0 aliphatic heterocycles. The molecule has 2 aromatic rings. The van der Waals surface area contributed by atoms with E-state index in [1.54, 1.807) is 12.1 Å². The van der Waals surface area contributed by atoms with Crippen molar-refractivity contribution in [1.82, 2.24) is 14.8 Å². The van der Waals surface area contributed by atoms with Gasteiger partial charge in [0, 0.05) is 12.4 Å². The highest BCUT2D eigenvalue weighted by Gasteiger charge is 2.33. The van der Waals surface area contributed by atoms with Crippen molar-refractivity contribution in [3.05, 3.63) is 47.0 Å². The molecule has 7 heteroatoms. The Morgan fingerprint density at radius 1 is 1.24 bits per heavy atom. The molecule has 0 fully saturated rings. The zero-order valence-electron chi connectivity index (χ0n) is 8.45. The van der Waals surface area contributed by atoms with Crippen molar-refractivity contribution in [2.24, 2.45) is 0 Å². The lowest BCUT2D eigenvalue weighted by molar-refractivity contribution is -0.141. The summed E-state index contributed by atoms with van der Waals surface area (Å²) < 4.78 is 38.1. The SMILES string of the molecule is FC(F)(F)c1ccn(Cc2ccc(Cl)nc2)n1. The second-order valence-electron chi connectivity index (χ2n) is 3.39.